The Labute approximate surface area is 83.9 Å². The number of carbonyl (C=O) groups is 1. The molecule has 0 unspecified atom stereocenters. The van der Waals surface area contributed by atoms with Gasteiger partial charge in [-0.05, 0) is 18.6 Å². The number of alkyl halides is 2. The van der Waals surface area contributed by atoms with Gasteiger partial charge >= 0.3 is 0 Å². The minimum atomic E-state index is -2.79. The highest BCUT2D eigenvalue weighted by molar-refractivity contribution is 6.30. The fourth-order valence-electron chi connectivity index (χ4n) is 0.976. The molecule has 0 spiro atoms. The summed E-state index contributed by atoms with van der Waals surface area (Å²) in [5.41, 5.74) is 4.30. The third-order valence-electron chi connectivity index (χ3n) is 1.65. The standard InChI is InChI=1S/C8H7ClF2N2O/c1-3-2-4(7(10)11)5(8(12)14)13-6(3)9/h2,7H,1H3,(H2,12,14). The van der Waals surface area contributed by atoms with Crippen molar-refractivity contribution in [2.75, 3.05) is 0 Å². The molecule has 0 saturated carbocycles. The van der Waals surface area contributed by atoms with Gasteiger partial charge in [-0.25, -0.2) is 13.8 Å². The van der Waals surface area contributed by atoms with E-state index >= 15 is 0 Å². The number of hydrogen-bond donors (Lipinski definition) is 1. The number of carbonyl (C=O) groups excluding carboxylic acids is 1. The number of nitrogens with two attached hydrogens (primary N) is 1. The molecule has 1 aromatic rings. The zero-order chi connectivity index (χ0) is 10.9. The van der Waals surface area contributed by atoms with Crippen LogP contribution in [0.1, 0.15) is 28.0 Å². The minimum Gasteiger partial charge on any atom is -0.364 e. The number of primary amides is 1. The van der Waals surface area contributed by atoms with Gasteiger partial charge in [-0.3, -0.25) is 4.79 Å². The Morgan fingerprint density at radius 1 is 1.64 bits per heavy atom. The van der Waals surface area contributed by atoms with E-state index in [1.54, 1.807) is 0 Å². The van der Waals surface area contributed by atoms with Gasteiger partial charge < -0.3 is 5.73 Å². The van der Waals surface area contributed by atoms with Crippen LogP contribution in [0, 0.1) is 6.92 Å². The Hall–Kier alpha value is -1.23. The molecular weight excluding hydrogens is 214 g/mol. The van der Waals surface area contributed by atoms with Crippen molar-refractivity contribution in [3.8, 4) is 0 Å². The van der Waals surface area contributed by atoms with Crippen LogP contribution in [-0.4, -0.2) is 10.9 Å². The van der Waals surface area contributed by atoms with Crippen molar-refractivity contribution in [2.45, 2.75) is 13.3 Å². The monoisotopic (exact) mass is 220 g/mol. The van der Waals surface area contributed by atoms with Crippen molar-refractivity contribution in [1.29, 1.82) is 0 Å². The van der Waals surface area contributed by atoms with Gasteiger partial charge in [-0.1, -0.05) is 11.6 Å². The average molecular weight is 221 g/mol. The second-order valence-corrected chi connectivity index (χ2v) is 3.06. The summed E-state index contributed by atoms with van der Waals surface area (Å²) in [6.45, 7) is 1.52. The highest BCUT2D eigenvalue weighted by Gasteiger charge is 2.19. The molecule has 0 aliphatic rings. The van der Waals surface area contributed by atoms with Crippen molar-refractivity contribution in [3.63, 3.8) is 0 Å². The maximum Gasteiger partial charge on any atom is 0.267 e. The molecule has 1 aromatic heterocycles. The Morgan fingerprint density at radius 3 is 2.64 bits per heavy atom. The summed E-state index contributed by atoms with van der Waals surface area (Å²) in [4.78, 5) is 14.3. The van der Waals surface area contributed by atoms with Crippen LogP contribution in [0.5, 0.6) is 0 Å². The van der Waals surface area contributed by atoms with Gasteiger partial charge in [-0.15, -0.1) is 0 Å². The van der Waals surface area contributed by atoms with Crippen LogP contribution >= 0.6 is 11.6 Å². The fraction of sp³-hybridized carbons (Fsp3) is 0.250. The number of rotatable bonds is 2. The minimum absolute atomic E-state index is 0.00296. The van der Waals surface area contributed by atoms with E-state index < -0.39 is 23.6 Å². The third kappa shape index (κ3) is 1.98. The maximum atomic E-state index is 12.4. The predicted molar refractivity (Wildman–Crippen MR) is 47.5 cm³/mol. The largest absolute Gasteiger partial charge is 0.364 e. The van der Waals surface area contributed by atoms with Crippen LogP contribution in [0.4, 0.5) is 8.78 Å². The van der Waals surface area contributed by atoms with Gasteiger partial charge in [0, 0.05) is 5.56 Å². The molecule has 1 heterocycles. The van der Waals surface area contributed by atoms with Gasteiger partial charge in [-0.2, -0.15) is 0 Å². The van der Waals surface area contributed by atoms with Crippen LogP contribution in [-0.2, 0) is 0 Å². The Kier molecular flexibility index (Phi) is 3.00. The van der Waals surface area contributed by atoms with Gasteiger partial charge in [0.05, 0.1) is 0 Å². The summed E-state index contributed by atoms with van der Waals surface area (Å²) in [6, 6.07) is 1.11. The van der Waals surface area contributed by atoms with Crippen LogP contribution < -0.4 is 5.73 Å². The first-order valence-corrected chi connectivity index (χ1v) is 4.06. The summed E-state index contributed by atoms with van der Waals surface area (Å²) in [5.74, 6) is -1.01. The SMILES string of the molecule is Cc1cc(C(F)F)c(C(N)=O)nc1Cl. The summed E-state index contributed by atoms with van der Waals surface area (Å²) in [6.07, 6.45) is -2.79. The van der Waals surface area contributed by atoms with Crippen molar-refractivity contribution in [2.24, 2.45) is 5.73 Å². The zero-order valence-corrected chi connectivity index (χ0v) is 7.98. The lowest BCUT2D eigenvalue weighted by atomic mass is 10.1. The van der Waals surface area contributed by atoms with Crippen LogP contribution in [0.2, 0.25) is 5.15 Å². The molecule has 0 fully saturated rings. The quantitative estimate of drug-likeness (QED) is 0.776. The molecule has 76 valence electrons. The molecule has 3 nitrogen and oxygen atoms in total. The lowest BCUT2D eigenvalue weighted by Crippen LogP contribution is -2.16. The summed E-state index contributed by atoms with van der Waals surface area (Å²) >= 11 is 5.57. The third-order valence-corrected chi connectivity index (χ3v) is 2.03. The number of hydrogen-bond acceptors (Lipinski definition) is 2. The lowest BCUT2D eigenvalue weighted by Gasteiger charge is -2.07. The number of halogens is 3. The van der Waals surface area contributed by atoms with E-state index in [4.69, 9.17) is 17.3 Å². The lowest BCUT2D eigenvalue weighted by molar-refractivity contribution is 0.0980. The molecule has 2 N–H and O–H groups in total. The first-order valence-electron chi connectivity index (χ1n) is 3.68. The molecule has 0 aliphatic heterocycles. The van der Waals surface area contributed by atoms with Gasteiger partial charge in [0.1, 0.15) is 10.8 Å². The summed E-state index contributed by atoms with van der Waals surface area (Å²) in [7, 11) is 0. The number of aryl methyl sites for hydroxylation is 1. The normalized spacial score (nSPS) is 10.6. The second kappa shape index (κ2) is 3.88. The number of aromatic nitrogens is 1. The molecule has 0 aromatic carbocycles. The van der Waals surface area contributed by atoms with E-state index in [0.29, 0.717) is 5.56 Å². The number of nitrogens with zero attached hydrogens (tertiary/aromatic N) is 1. The van der Waals surface area contributed by atoms with Crippen molar-refractivity contribution >= 4 is 17.5 Å². The topological polar surface area (TPSA) is 56.0 Å². The Morgan fingerprint density at radius 2 is 2.21 bits per heavy atom. The first kappa shape index (κ1) is 10.8. The van der Waals surface area contributed by atoms with E-state index in [1.165, 1.54) is 6.92 Å². The predicted octanol–water partition coefficient (Wildman–Crippen LogP) is 2.08. The Balaban J connectivity index is 3.39. The molecule has 0 aliphatic carbocycles. The number of pyridine rings is 1. The smallest absolute Gasteiger partial charge is 0.267 e. The average Bonchev–Trinajstić information content (AvgIpc) is 2.08. The molecule has 0 radical (unpaired) electrons. The van der Waals surface area contributed by atoms with Crippen molar-refractivity contribution < 1.29 is 13.6 Å². The van der Waals surface area contributed by atoms with E-state index in [0.717, 1.165) is 6.07 Å². The summed E-state index contributed by atoms with van der Waals surface area (Å²) < 4.78 is 24.8. The molecule has 0 bridgehead atoms. The molecular formula is C8H7ClF2N2O. The van der Waals surface area contributed by atoms with E-state index in [9.17, 15) is 13.6 Å². The Bertz CT molecular complexity index is 382. The van der Waals surface area contributed by atoms with Crippen molar-refractivity contribution in [1.82, 2.24) is 4.98 Å². The molecule has 1 amide bonds. The van der Waals surface area contributed by atoms with E-state index in [2.05, 4.69) is 4.98 Å². The second-order valence-electron chi connectivity index (χ2n) is 2.70. The van der Waals surface area contributed by atoms with Gasteiger partial charge in [0.15, 0.2) is 0 Å². The number of amides is 1. The van der Waals surface area contributed by atoms with E-state index in [1.807, 2.05) is 0 Å². The highest BCUT2D eigenvalue weighted by Crippen LogP contribution is 2.25. The highest BCUT2D eigenvalue weighted by atomic mass is 35.5. The fourth-order valence-corrected chi connectivity index (χ4v) is 1.11. The molecule has 14 heavy (non-hydrogen) atoms. The van der Waals surface area contributed by atoms with Crippen molar-refractivity contribution in [3.05, 3.63) is 28.0 Å². The maximum absolute atomic E-state index is 12.4. The van der Waals surface area contributed by atoms with E-state index in [-0.39, 0.29) is 5.15 Å². The van der Waals surface area contributed by atoms with Gasteiger partial charge in [0.25, 0.3) is 12.3 Å². The summed E-state index contributed by atoms with van der Waals surface area (Å²) in [5, 5.41) is 0.00296. The molecule has 1 rings (SSSR count). The molecule has 6 heteroatoms. The molecule has 0 atom stereocenters. The zero-order valence-electron chi connectivity index (χ0n) is 7.22. The first-order chi connectivity index (χ1) is 6.43. The van der Waals surface area contributed by atoms with Crippen LogP contribution in [0.15, 0.2) is 6.07 Å². The van der Waals surface area contributed by atoms with Crippen LogP contribution in [0.25, 0.3) is 0 Å². The van der Waals surface area contributed by atoms with Gasteiger partial charge in [0.2, 0.25) is 0 Å². The van der Waals surface area contributed by atoms with Crippen LogP contribution in [0.3, 0.4) is 0 Å². The molecule has 0 saturated heterocycles.